The van der Waals surface area contributed by atoms with Crippen LogP contribution in [0, 0.1) is 5.92 Å². The summed E-state index contributed by atoms with van der Waals surface area (Å²) in [5, 5.41) is 5.35. The first-order valence-electron chi connectivity index (χ1n) is 7.78. The Morgan fingerprint density at radius 1 is 1.12 bits per heavy atom. The number of carbonyl (C=O) groups excluding carboxylic acids is 2. The predicted molar refractivity (Wildman–Crippen MR) is 104 cm³/mol. The van der Waals surface area contributed by atoms with Crippen LogP contribution in [0.3, 0.4) is 0 Å². The van der Waals surface area contributed by atoms with Gasteiger partial charge in [-0.05, 0) is 36.4 Å². The van der Waals surface area contributed by atoms with Crippen molar-refractivity contribution in [1.29, 1.82) is 0 Å². The molecular formula is C18H14Cl3N3O2. The van der Waals surface area contributed by atoms with Crippen LogP contribution < -0.4 is 10.3 Å². The quantitative estimate of drug-likeness (QED) is 0.608. The summed E-state index contributed by atoms with van der Waals surface area (Å²) < 4.78 is 0. The number of anilines is 1. The molecule has 1 aliphatic rings. The lowest BCUT2D eigenvalue weighted by atomic mass is 10.1. The van der Waals surface area contributed by atoms with Crippen LogP contribution in [0.15, 0.2) is 47.6 Å². The lowest BCUT2D eigenvalue weighted by Crippen LogP contribution is -2.30. The molecule has 1 saturated heterocycles. The Morgan fingerprint density at radius 3 is 2.42 bits per heavy atom. The van der Waals surface area contributed by atoms with Crippen LogP contribution in [-0.2, 0) is 9.59 Å². The van der Waals surface area contributed by atoms with Gasteiger partial charge in [0.05, 0.1) is 22.2 Å². The van der Waals surface area contributed by atoms with Gasteiger partial charge in [0.25, 0.3) is 0 Å². The van der Waals surface area contributed by atoms with Crippen LogP contribution in [0.4, 0.5) is 5.69 Å². The molecule has 1 unspecified atom stereocenters. The van der Waals surface area contributed by atoms with Crippen molar-refractivity contribution in [2.75, 3.05) is 11.4 Å². The SMILES string of the molecule is O=C(N/N=C/c1c(Cl)cccc1Cl)C1CC(=O)N(c2ccc(Cl)cc2)C1. The minimum atomic E-state index is -0.489. The van der Waals surface area contributed by atoms with E-state index in [2.05, 4.69) is 10.5 Å². The van der Waals surface area contributed by atoms with E-state index in [0.29, 0.717) is 26.3 Å². The topological polar surface area (TPSA) is 61.8 Å². The Labute approximate surface area is 165 Å². The Hall–Kier alpha value is -2.08. The lowest BCUT2D eigenvalue weighted by Gasteiger charge is -2.16. The maximum atomic E-state index is 12.3. The molecule has 1 N–H and O–H groups in total. The summed E-state index contributed by atoms with van der Waals surface area (Å²) in [5.74, 6) is -0.947. The first-order chi connectivity index (χ1) is 12.5. The van der Waals surface area contributed by atoms with Gasteiger partial charge in [0.1, 0.15) is 0 Å². The Balaban J connectivity index is 1.63. The molecule has 0 aliphatic carbocycles. The Kier molecular flexibility index (Phi) is 5.81. The van der Waals surface area contributed by atoms with Crippen molar-refractivity contribution in [1.82, 2.24) is 5.43 Å². The molecule has 3 rings (SSSR count). The number of hydrazone groups is 1. The number of carbonyl (C=O) groups is 2. The van der Waals surface area contributed by atoms with Crippen molar-refractivity contribution < 1.29 is 9.59 Å². The van der Waals surface area contributed by atoms with E-state index in [1.54, 1.807) is 47.4 Å². The fraction of sp³-hybridized carbons (Fsp3) is 0.167. The first kappa shape index (κ1) is 18.7. The standard InChI is InChI=1S/C18H14Cl3N3O2/c19-12-4-6-13(7-5-12)24-10-11(8-17(24)25)18(26)23-22-9-14-15(20)2-1-3-16(14)21/h1-7,9,11H,8,10H2,(H,23,26)/b22-9+. The molecule has 1 atom stereocenters. The number of nitrogens with one attached hydrogen (secondary N) is 1. The molecule has 2 aromatic rings. The van der Waals surface area contributed by atoms with E-state index in [1.165, 1.54) is 6.21 Å². The summed E-state index contributed by atoms with van der Waals surface area (Å²) in [7, 11) is 0. The van der Waals surface area contributed by atoms with E-state index in [0.717, 1.165) is 0 Å². The number of rotatable bonds is 4. The largest absolute Gasteiger partial charge is 0.312 e. The van der Waals surface area contributed by atoms with Gasteiger partial charge in [-0.25, -0.2) is 5.43 Å². The zero-order valence-electron chi connectivity index (χ0n) is 13.5. The summed E-state index contributed by atoms with van der Waals surface area (Å²) >= 11 is 17.9. The second kappa shape index (κ2) is 8.08. The normalized spacial score (nSPS) is 17.1. The molecule has 2 amide bonds. The van der Waals surface area contributed by atoms with Gasteiger partial charge in [0, 0.05) is 29.2 Å². The van der Waals surface area contributed by atoms with Crippen molar-refractivity contribution in [3.8, 4) is 0 Å². The minimum absolute atomic E-state index is 0.120. The smallest absolute Gasteiger partial charge is 0.245 e. The summed E-state index contributed by atoms with van der Waals surface area (Å²) in [6.45, 7) is 0.286. The van der Waals surface area contributed by atoms with E-state index >= 15 is 0 Å². The van der Waals surface area contributed by atoms with E-state index in [4.69, 9.17) is 34.8 Å². The molecule has 26 heavy (non-hydrogen) atoms. The van der Waals surface area contributed by atoms with Crippen LogP contribution in [0.1, 0.15) is 12.0 Å². The van der Waals surface area contributed by atoms with E-state index in [-0.39, 0.29) is 24.8 Å². The fourth-order valence-electron chi connectivity index (χ4n) is 2.64. The van der Waals surface area contributed by atoms with Gasteiger partial charge in [0.2, 0.25) is 11.8 Å². The van der Waals surface area contributed by atoms with Gasteiger partial charge in [-0.2, -0.15) is 5.10 Å². The van der Waals surface area contributed by atoms with Gasteiger partial charge in [0.15, 0.2) is 0 Å². The van der Waals surface area contributed by atoms with Crippen molar-refractivity contribution in [3.05, 3.63) is 63.1 Å². The van der Waals surface area contributed by atoms with E-state index in [9.17, 15) is 9.59 Å². The van der Waals surface area contributed by atoms with Crippen molar-refractivity contribution in [2.45, 2.75) is 6.42 Å². The summed E-state index contributed by atoms with van der Waals surface area (Å²) in [6, 6.07) is 12.0. The number of hydrogen-bond acceptors (Lipinski definition) is 3. The van der Waals surface area contributed by atoms with Crippen LogP contribution in [0.2, 0.25) is 15.1 Å². The van der Waals surface area contributed by atoms with Gasteiger partial charge in [-0.1, -0.05) is 40.9 Å². The van der Waals surface area contributed by atoms with Crippen molar-refractivity contribution in [3.63, 3.8) is 0 Å². The summed E-state index contributed by atoms with van der Waals surface area (Å²) in [5.41, 5.74) is 3.67. The minimum Gasteiger partial charge on any atom is -0.312 e. The molecule has 1 aliphatic heterocycles. The van der Waals surface area contributed by atoms with Gasteiger partial charge < -0.3 is 4.90 Å². The molecule has 0 bridgehead atoms. The third kappa shape index (κ3) is 4.18. The fourth-order valence-corrected chi connectivity index (χ4v) is 3.26. The highest BCUT2D eigenvalue weighted by molar-refractivity contribution is 6.38. The van der Waals surface area contributed by atoms with Crippen LogP contribution in [-0.4, -0.2) is 24.6 Å². The predicted octanol–water partition coefficient (Wildman–Crippen LogP) is 4.15. The monoisotopic (exact) mass is 409 g/mol. The molecule has 0 aromatic heterocycles. The van der Waals surface area contributed by atoms with Gasteiger partial charge >= 0.3 is 0 Å². The number of hydrogen-bond donors (Lipinski definition) is 1. The highest BCUT2D eigenvalue weighted by atomic mass is 35.5. The van der Waals surface area contributed by atoms with Gasteiger partial charge in [-0.15, -0.1) is 0 Å². The maximum Gasteiger partial charge on any atom is 0.245 e. The Morgan fingerprint density at radius 2 is 1.77 bits per heavy atom. The average Bonchev–Trinajstić information content (AvgIpc) is 3.00. The number of amides is 2. The first-order valence-corrected chi connectivity index (χ1v) is 8.92. The highest BCUT2D eigenvalue weighted by Crippen LogP contribution is 2.26. The number of nitrogens with zero attached hydrogens (tertiary/aromatic N) is 2. The second-order valence-electron chi connectivity index (χ2n) is 5.75. The van der Waals surface area contributed by atoms with Crippen LogP contribution in [0.25, 0.3) is 0 Å². The molecule has 134 valence electrons. The lowest BCUT2D eigenvalue weighted by molar-refractivity contribution is -0.126. The number of benzene rings is 2. The van der Waals surface area contributed by atoms with E-state index < -0.39 is 5.92 Å². The second-order valence-corrected chi connectivity index (χ2v) is 7.00. The molecule has 1 fully saturated rings. The maximum absolute atomic E-state index is 12.3. The molecule has 1 heterocycles. The molecular weight excluding hydrogens is 397 g/mol. The zero-order valence-corrected chi connectivity index (χ0v) is 15.7. The third-order valence-corrected chi connectivity index (χ3v) is 4.91. The average molecular weight is 411 g/mol. The zero-order chi connectivity index (χ0) is 18.7. The molecule has 0 radical (unpaired) electrons. The number of halogens is 3. The molecule has 2 aromatic carbocycles. The summed E-state index contributed by atoms with van der Waals surface area (Å²) in [4.78, 5) is 26.1. The van der Waals surface area contributed by atoms with E-state index in [1.807, 2.05) is 0 Å². The highest BCUT2D eigenvalue weighted by Gasteiger charge is 2.35. The van der Waals surface area contributed by atoms with Crippen LogP contribution >= 0.6 is 34.8 Å². The van der Waals surface area contributed by atoms with Crippen molar-refractivity contribution in [2.24, 2.45) is 11.0 Å². The molecule has 0 spiro atoms. The Bertz CT molecular complexity index is 848. The molecule has 0 saturated carbocycles. The molecule has 8 heteroatoms. The molecule has 5 nitrogen and oxygen atoms in total. The van der Waals surface area contributed by atoms with Gasteiger partial charge in [-0.3, -0.25) is 9.59 Å². The van der Waals surface area contributed by atoms with Crippen LogP contribution in [0.5, 0.6) is 0 Å². The third-order valence-electron chi connectivity index (χ3n) is 4.00. The van der Waals surface area contributed by atoms with Crippen molar-refractivity contribution >= 4 is 58.5 Å². The summed E-state index contributed by atoms with van der Waals surface area (Å²) in [6.07, 6.45) is 1.51.